The van der Waals surface area contributed by atoms with E-state index in [0.29, 0.717) is 30.6 Å². The van der Waals surface area contributed by atoms with Gasteiger partial charge < -0.3 is 14.7 Å². The minimum Gasteiger partial charge on any atom is -0.491 e. The summed E-state index contributed by atoms with van der Waals surface area (Å²) in [5.74, 6) is 0.746. The van der Waals surface area contributed by atoms with Gasteiger partial charge in [0.1, 0.15) is 5.75 Å². The SMILES string of the molecule is O=C(O)CCOc1ccccc1N(CCCl)CCCl. The topological polar surface area (TPSA) is 49.8 Å². The molecule has 1 aromatic carbocycles. The Morgan fingerprint density at radius 3 is 2.42 bits per heavy atom. The van der Waals surface area contributed by atoms with Gasteiger partial charge in [0.05, 0.1) is 18.7 Å². The van der Waals surface area contributed by atoms with Crippen LogP contribution >= 0.6 is 23.2 Å². The molecule has 0 amide bonds. The summed E-state index contributed by atoms with van der Waals surface area (Å²) < 4.78 is 5.51. The summed E-state index contributed by atoms with van der Waals surface area (Å²) >= 11 is 11.6. The molecule has 0 aromatic heterocycles. The molecule has 0 heterocycles. The fourth-order valence-electron chi connectivity index (χ4n) is 1.65. The first-order valence-electron chi connectivity index (χ1n) is 5.99. The van der Waals surface area contributed by atoms with E-state index >= 15 is 0 Å². The Hall–Kier alpha value is -1.13. The lowest BCUT2D eigenvalue weighted by molar-refractivity contribution is -0.137. The maximum absolute atomic E-state index is 10.5. The van der Waals surface area contributed by atoms with Gasteiger partial charge in [-0.25, -0.2) is 0 Å². The highest BCUT2D eigenvalue weighted by Gasteiger charge is 2.11. The second-order valence-electron chi connectivity index (χ2n) is 3.82. The molecule has 0 bridgehead atoms. The van der Waals surface area contributed by atoms with Gasteiger partial charge in [0.25, 0.3) is 0 Å². The van der Waals surface area contributed by atoms with Crippen LogP contribution in [0.1, 0.15) is 6.42 Å². The molecule has 1 rings (SSSR count). The summed E-state index contributed by atoms with van der Waals surface area (Å²) in [6.45, 7) is 1.46. The van der Waals surface area contributed by atoms with Gasteiger partial charge in [-0.15, -0.1) is 23.2 Å². The number of hydrogen-bond acceptors (Lipinski definition) is 3. The average Bonchev–Trinajstić information content (AvgIpc) is 2.39. The lowest BCUT2D eigenvalue weighted by Crippen LogP contribution is -2.28. The van der Waals surface area contributed by atoms with Crippen molar-refractivity contribution in [1.29, 1.82) is 0 Å². The Labute approximate surface area is 122 Å². The molecule has 0 atom stereocenters. The van der Waals surface area contributed by atoms with Crippen molar-refractivity contribution < 1.29 is 14.6 Å². The van der Waals surface area contributed by atoms with E-state index in [9.17, 15) is 4.79 Å². The first-order valence-corrected chi connectivity index (χ1v) is 7.06. The van der Waals surface area contributed by atoms with Gasteiger partial charge in [0.2, 0.25) is 0 Å². The van der Waals surface area contributed by atoms with E-state index < -0.39 is 5.97 Å². The number of nitrogens with zero attached hydrogens (tertiary/aromatic N) is 1. The van der Waals surface area contributed by atoms with E-state index in [-0.39, 0.29) is 13.0 Å². The van der Waals surface area contributed by atoms with Gasteiger partial charge in [-0.3, -0.25) is 4.79 Å². The third kappa shape index (κ3) is 5.57. The van der Waals surface area contributed by atoms with Crippen LogP contribution in [0.25, 0.3) is 0 Å². The predicted octanol–water partition coefficient (Wildman–Crippen LogP) is 2.82. The Kier molecular flexibility index (Phi) is 7.45. The maximum Gasteiger partial charge on any atom is 0.306 e. The molecular formula is C13H17Cl2NO3. The van der Waals surface area contributed by atoms with Crippen LogP contribution in [0.15, 0.2) is 24.3 Å². The van der Waals surface area contributed by atoms with Crippen LogP contribution in [0, 0.1) is 0 Å². The van der Waals surface area contributed by atoms with Crippen LogP contribution in [0.5, 0.6) is 5.75 Å². The molecule has 0 spiro atoms. The zero-order valence-corrected chi connectivity index (χ0v) is 12.0. The molecule has 1 N–H and O–H groups in total. The van der Waals surface area contributed by atoms with E-state index in [1.165, 1.54) is 0 Å². The zero-order valence-electron chi connectivity index (χ0n) is 10.5. The molecule has 0 saturated carbocycles. The second-order valence-corrected chi connectivity index (χ2v) is 4.58. The molecule has 106 valence electrons. The van der Waals surface area contributed by atoms with Gasteiger partial charge in [-0.05, 0) is 12.1 Å². The van der Waals surface area contributed by atoms with E-state index in [1.54, 1.807) is 0 Å². The molecule has 19 heavy (non-hydrogen) atoms. The lowest BCUT2D eigenvalue weighted by Gasteiger charge is -2.25. The predicted molar refractivity (Wildman–Crippen MR) is 77.8 cm³/mol. The summed E-state index contributed by atoms with van der Waals surface area (Å²) in [5, 5.41) is 8.61. The number of rotatable bonds is 9. The van der Waals surface area contributed by atoms with E-state index in [4.69, 9.17) is 33.0 Å². The van der Waals surface area contributed by atoms with Crippen molar-refractivity contribution in [2.75, 3.05) is 36.4 Å². The minimum absolute atomic E-state index is 0.0284. The number of ether oxygens (including phenoxy) is 1. The minimum atomic E-state index is -0.879. The van der Waals surface area contributed by atoms with Crippen LogP contribution in [-0.2, 0) is 4.79 Å². The van der Waals surface area contributed by atoms with Crippen LogP contribution in [-0.4, -0.2) is 42.5 Å². The fourth-order valence-corrected chi connectivity index (χ4v) is 2.05. The highest BCUT2D eigenvalue weighted by Crippen LogP contribution is 2.28. The van der Waals surface area contributed by atoms with Crippen molar-refractivity contribution in [1.82, 2.24) is 0 Å². The molecule has 0 unspecified atom stereocenters. The molecule has 0 aliphatic carbocycles. The van der Waals surface area contributed by atoms with E-state index in [1.807, 2.05) is 29.2 Å². The number of carboxylic acid groups (broad SMARTS) is 1. The summed E-state index contributed by atoms with van der Waals surface area (Å²) in [7, 11) is 0. The van der Waals surface area contributed by atoms with Gasteiger partial charge in [0, 0.05) is 24.8 Å². The van der Waals surface area contributed by atoms with Crippen molar-refractivity contribution in [3.8, 4) is 5.75 Å². The molecule has 0 radical (unpaired) electrons. The van der Waals surface area contributed by atoms with Crippen molar-refractivity contribution >= 4 is 34.9 Å². The zero-order chi connectivity index (χ0) is 14.1. The normalized spacial score (nSPS) is 10.2. The van der Waals surface area contributed by atoms with E-state index in [0.717, 1.165) is 5.69 Å². The number of alkyl halides is 2. The average molecular weight is 306 g/mol. The van der Waals surface area contributed by atoms with Crippen LogP contribution in [0.2, 0.25) is 0 Å². The number of hydrogen-bond donors (Lipinski definition) is 1. The molecule has 1 aromatic rings. The van der Waals surface area contributed by atoms with E-state index in [2.05, 4.69) is 0 Å². The Morgan fingerprint density at radius 1 is 1.21 bits per heavy atom. The van der Waals surface area contributed by atoms with Crippen molar-refractivity contribution in [3.05, 3.63) is 24.3 Å². The van der Waals surface area contributed by atoms with Gasteiger partial charge in [-0.1, -0.05) is 12.1 Å². The quantitative estimate of drug-likeness (QED) is 0.713. The number of anilines is 1. The molecule has 6 heteroatoms. The largest absolute Gasteiger partial charge is 0.491 e. The third-order valence-electron chi connectivity index (χ3n) is 2.49. The highest BCUT2D eigenvalue weighted by atomic mass is 35.5. The number of carbonyl (C=O) groups is 1. The molecule has 0 fully saturated rings. The molecular weight excluding hydrogens is 289 g/mol. The Bertz CT molecular complexity index is 395. The number of aliphatic carboxylic acids is 1. The number of halogens is 2. The van der Waals surface area contributed by atoms with Crippen molar-refractivity contribution in [2.24, 2.45) is 0 Å². The van der Waals surface area contributed by atoms with Crippen LogP contribution in [0.4, 0.5) is 5.69 Å². The summed E-state index contributed by atoms with van der Waals surface area (Å²) in [6.07, 6.45) is -0.0284. The first-order chi connectivity index (χ1) is 9.19. The molecule has 0 aliphatic rings. The van der Waals surface area contributed by atoms with Crippen LogP contribution in [0.3, 0.4) is 0 Å². The lowest BCUT2D eigenvalue weighted by atomic mass is 10.2. The van der Waals surface area contributed by atoms with Crippen molar-refractivity contribution in [3.63, 3.8) is 0 Å². The standard InChI is InChI=1S/C13H17Cl2NO3/c14-6-8-16(9-7-15)11-3-1-2-4-12(11)19-10-5-13(17)18/h1-4H,5-10H2,(H,17,18). The van der Waals surface area contributed by atoms with Gasteiger partial charge in [-0.2, -0.15) is 0 Å². The highest BCUT2D eigenvalue weighted by molar-refractivity contribution is 6.18. The molecule has 0 aliphatic heterocycles. The maximum atomic E-state index is 10.5. The fraction of sp³-hybridized carbons (Fsp3) is 0.462. The molecule has 0 saturated heterocycles. The number of carboxylic acids is 1. The third-order valence-corrected chi connectivity index (χ3v) is 2.83. The number of para-hydroxylation sites is 2. The van der Waals surface area contributed by atoms with Gasteiger partial charge in [0.15, 0.2) is 0 Å². The first kappa shape index (κ1) is 15.9. The summed E-state index contributed by atoms with van der Waals surface area (Å²) in [4.78, 5) is 12.5. The smallest absolute Gasteiger partial charge is 0.306 e. The molecule has 4 nitrogen and oxygen atoms in total. The summed E-state index contributed by atoms with van der Waals surface area (Å²) in [6, 6.07) is 7.47. The summed E-state index contributed by atoms with van der Waals surface area (Å²) in [5.41, 5.74) is 0.884. The van der Waals surface area contributed by atoms with Gasteiger partial charge >= 0.3 is 5.97 Å². The van der Waals surface area contributed by atoms with Crippen LogP contribution < -0.4 is 9.64 Å². The second kappa shape index (κ2) is 8.88. The monoisotopic (exact) mass is 305 g/mol. The number of benzene rings is 1. The Morgan fingerprint density at radius 2 is 1.84 bits per heavy atom. The van der Waals surface area contributed by atoms with Crippen molar-refractivity contribution in [2.45, 2.75) is 6.42 Å². The Balaban J connectivity index is 2.77.